The molecule has 4 rings (SSSR count). The molecule has 0 aromatic rings. The smallest absolute Gasteiger partial charge is 0.305 e. The monoisotopic (exact) mass is 582 g/mol. The van der Waals surface area contributed by atoms with Crippen molar-refractivity contribution < 1.29 is 33.4 Å². The number of alkyl halides is 1. The normalized spacial score (nSPS) is 43.6. The molecule has 0 amide bonds. The minimum Gasteiger partial charge on any atom is -0.469 e. The van der Waals surface area contributed by atoms with Crippen LogP contribution in [0.5, 0.6) is 0 Å². The average Bonchev–Trinajstić information content (AvgIpc) is 3.19. The number of carbonyl (C=O) groups is 4. The Morgan fingerprint density at radius 2 is 1.68 bits per heavy atom. The van der Waals surface area contributed by atoms with Gasteiger partial charge in [-0.1, -0.05) is 36.7 Å². The van der Waals surface area contributed by atoms with Gasteiger partial charge in [-0.05, 0) is 80.0 Å². The average molecular weight is 584 g/mol. The molecule has 4 aliphatic carbocycles. The maximum Gasteiger partial charge on any atom is 0.305 e. The molecule has 9 unspecified atom stereocenters. The summed E-state index contributed by atoms with van der Waals surface area (Å²) in [6.07, 6.45) is 5.54. The summed E-state index contributed by atoms with van der Waals surface area (Å²) in [5.74, 6) is 0.197. The first-order chi connectivity index (χ1) is 17.3. The van der Waals surface area contributed by atoms with Crippen molar-refractivity contribution in [2.24, 2.45) is 46.3 Å². The molecule has 11 atom stereocenters. The van der Waals surface area contributed by atoms with Gasteiger partial charge in [-0.15, -0.1) is 0 Å². The molecule has 0 saturated heterocycles. The lowest BCUT2D eigenvalue weighted by atomic mass is 9.43. The fraction of sp³-hybridized carbons (Fsp3) is 0.862. The van der Waals surface area contributed by atoms with E-state index in [2.05, 4.69) is 36.7 Å². The van der Waals surface area contributed by atoms with Crippen molar-refractivity contribution in [2.45, 2.75) is 103 Å². The van der Waals surface area contributed by atoms with E-state index in [0.29, 0.717) is 25.7 Å². The predicted octanol–water partition coefficient (Wildman–Crippen LogP) is 5.26. The summed E-state index contributed by atoms with van der Waals surface area (Å²) in [5.41, 5.74) is -0.444. The van der Waals surface area contributed by atoms with Gasteiger partial charge in [0, 0.05) is 31.6 Å². The molecule has 0 heterocycles. The molecule has 8 heteroatoms. The van der Waals surface area contributed by atoms with Gasteiger partial charge < -0.3 is 14.2 Å². The highest BCUT2D eigenvalue weighted by atomic mass is 79.9. The van der Waals surface area contributed by atoms with E-state index >= 15 is 0 Å². The minimum atomic E-state index is -0.330. The summed E-state index contributed by atoms with van der Waals surface area (Å²) in [6, 6.07) is 0. The summed E-state index contributed by atoms with van der Waals surface area (Å²) in [7, 11) is 1.41. The number of esters is 3. The summed E-state index contributed by atoms with van der Waals surface area (Å²) in [6.45, 7) is 9.64. The molecule has 0 spiro atoms. The Bertz CT molecular complexity index is 935. The van der Waals surface area contributed by atoms with Gasteiger partial charge in [0.25, 0.3) is 0 Å². The molecule has 4 fully saturated rings. The Morgan fingerprint density at radius 3 is 2.30 bits per heavy atom. The highest BCUT2D eigenvalue weighted by Crippen LogP contribution is 2.68. The molecule has 208 valence electrons. The second-order valence-electron chi connectivity index (χ2n) is 12.6. The van der Waals surface area contributed by atoms with Crippen molar-refractivity contribution in [1.82, 2.24) is 0 Å². The number of Topliss-reactive ketones (excluding diaryl/α,β-unsaturated/α-hetero) is 1. The van der Waals surface area contributed by atoms with Crippen LogP contribution in [0, 0.1) is 46.3 Å². The molecule has 0 aliphatic heterocycles. The van der Waals surface area contributed by atoms with Crippen LogP contribution in [0.2, 0.25) is 0 Å². The lowest BCUT2D eigenvalue weighted by Gasteiger charge is -2.63. The van der Waals surface area contributed by atoms with E-state index in [1.165, 1.54) is 21.0 Å². The van der Waals surface area contributed by atoms with Crippen LogP contribution in [0.1, 0.15) is 86.0 Å². The Hall–Kier alpha value is -1.44. The van der Waals surface area contributed by atoms with E-state index in [-0.39, 0.29) is 87.1 Å². The van der Waals surface area contributed by atoms with Gasteiger partial charge in [-0.3, -0.25) is 19.2 Å². The second kappa shape index (κ2) is 10.6. The number of carbonyl (C=O) groups excluding carboxylic acids is 4. The van der Waals surface area contributed by atoms with E-state index in [9.17, 15) is 19.2 Å². The first kappa shape index (κ1) is 28.6. The Labute approximate surface area is 229 Å². The maximum absolute atomic E-state index is 14.1. The van der Waals surface area contributed by atoms with Crippen LogP contribution in [-0.4, -0.2) is 47.8 Å². The Morgan fingerprint density at radius 1 is 1.00 bits per heavy atom. The van der Waals surface area contributed by atoms with E-state index in [1.54, 1.807) is 0 Å². The molecule has 0 aromatic heterocycles. The van der Waals surface area contributed by atoms with E-state index in [1.807, 2.05) is 0 Å². The number of hydrogen-bond donors (Lipinski definition) is 0. The van der Waals surface area contributed by atoms with Gasteiger partial charge in [-0.25, -0.2) is 0 Å². The van der Waals surface area contributed by atoms with Crippen LogP contribution in [0.4, 0.5) is 0 Å². The first-order valence-electron chi connectivity index (χ1n) is 13.9. The van der Waals surface area contributed by atoms with Crippen molar-refractivity contribution in [1.29, 1.82) is 0 Å². The summed E-state index contributed by atoms with van der Waals surface area (Å²) in [4.78, 5) is 49.7. The molecule has 4 aliphatic rings. The lowest BCUT2D eigenvalue weighted by Crippen LogP contribution is -2.64. The fourth-order valence-electron chi connectivity index (χ4n) is 9.18. The Balaban J connectivity index is 1.67. The molecule has 7 nitrogen and oxygen atoms in total. The van der Waals surface area contributed by atoms with E-state index < -0.39 is 0 Å². The van der Waals surface area contributed by atoms with Crippen molar-refractivity contribution in [3.8, 4) is 0 Å². The summed E-state index contributed by atoms with van der Waals surface area (Å²) < 4.78 is 16.6. The highest BCUT2D eigenvalue weighted by Gasteiger charge is 2.68. The van der Waals surface area contributed by atoms with Crippen LogP contribution in [-0.2, 0) is 33.4 Å². The number of fused-ring (bicyclic) bond motifs is 5. The van der Waals surface area contributed by atoms with Crippen molar-refractivity contribution in [2.75, 3.05) is 7.11 Å². The van der Waals surface area contributed by atoms with Gasteiger partial charge in [-0.2, -0.15) is 0 Å². The van der Waals surface area contributed by atoms with Crippen LogP contribution in [0.3, 0.4) is 0 Å². The number of methoxy groups -OCH3 is 1. The molecule has 37 heavy (non-hydrogen) atoms. The summed E-state index contributed by atoms with van der Waals surface area (Å²) >= 11 is 3.82. The molecule has 4 saturated carbocycles. The SMILES string of the molecule is COC(=O)CCC(C)C1CCC2C3C(=O)C(Br)C4CC(OC(C)=O)CC[C@]4(C)C3CC(OC(C)=O)[C@]12C. The first-order valence-corrected chi connectivity index (χ1v) is 14.8. The van der Waals surface area contributed by atoms with E-state index in [4.69, 9.17) is 14.2 Å². The predicted molar refractivity (Wildman–Crippen MR) is 141 cm³/mol. The van der Waals surface area contributed by atoms with Gasteiger partial charge in [0.15, 0.2) is 0 Å². The van der Waals surface area contributed by atoms with Crippen LogP contribution in [0.25, 0.3) is 0 Å². The third-order valence-electron chi connectivity index (χ3n) is 10.9. The van der Waals surface area contributed by atoms with Crippen molar-refractivity contribution >= 4 is 39.6 Å². The molecule has 0 radical (unpaired) electrons. The van der Waals surface area contributed by atoms with Gasteiger partial charge in [0.2, 0.25) is 0 Å². The number of ketones is 1. The van der Waals surface area contributed by atoms with E-state index in [0.717, 1.165) is 25.7 Å². The third kappa shape index (κ3) is 4.89. The second-order valence-corrected chi connectivity index (χ2v) is 13.6. The highest BCUT2D eigenvalue weighted by molar-refractivity contribution is 9.10. The standard InChI is InChI=1S/C29H43BrO7/c1-15(7-10-24(33)35-6)19-8-9-20-25-21(14-23(29(19,20)5)37-17(3)32)28(4)12-11-18(36-16(2)31)13-22(28)26(30)27(25)34/h15,18-23,25-26H,7-14H2,1-6H3/t15?,18?,19?,20?,21?,22?,23?,25?,26?,28-,29-/m1/s1. The van der Waals surface area contributed by atoms with Crippen LogP contribution >= 0.6 is 15.9 Å². The molecule has 0 N–H and O–H groups in total. The number of hydrogen-bond acceptors (Lipinski definition) is 7. The maximum atomic E-state index is 14.1. The van der Waals surface area contributed by atoms with Crippen molar-refractivity contribution in [3.63, 3.8) is 0 Å². The van der Waals surface area contributed by atoms with Crippen molar-refractivity contribution in [3.05, 3.63) is 0 Å². The zero-order valence-electron chi connectivity index (χ0n) is 23.1. The third-order valence-corrected chi connectivity index (χ3v) is 12.0. The van der Waals surface area contributed by atoms with Gasteiger partial charge in [0.1, 0.15) is 18.0 Å². The zero-order valence-corrected chi connectivity index (χ0v) is 24.7. The summed E-state index contributed by atoms with van der Waals surface area (Å²) in [5, 5.41) is 0. The zero-order chi connectivity index (χ0) is 27.3. The Kier molecular flexibility index (Phi) is 8.19. The largest absolute Gasteiger partial charge is 0.469 e. The van der Waals surface area contributed by atoms with Gasteiger partial charge in [0.05, 0.1) is 11.9 Å². The lowest BCUT2D eigenvalue weighted by molar-refractivity contribution is -0.196. The minimum absolute atomic E-state index is 0.0675. The number of ether oxygens (including phenoxy) is 3. The fourth-order valence-corrected chi connectivity index (χ4v) is 10.3. The molecule has 0 aromatic carbocycles. The van der Waals surface area contributed by atoms with Crippen LogP contribution < -0.4 is 0 Å². The van der Waals surface area contributed by atoms with Crippen LogP contribution in [0.15, 0.2) is 0 Å². The topological polar surface area (TPSA) is 96.0 Å². The molecular weight excluding hydrogens is 540 g/mol. The number of halogens is 1. The molecular formula is C29H43BrO7. The molecule has 0 bridgehead atoms. The quantitative estimate of drug-likeness (QED) is 0.239. The number of rotatable bonds is 6. The van der Waals surface area contributed by atoms with Gasteiger partial charge >= 0.3 is 17.9 Å².